The highest BCUT2D eigenvalue weighted by Gasteiger charge is 2.39. The zero-order valence-corrected chi connectivity index (χ0v) is 16.5. The molecule has 4 rings (SSSR count). The van der Waals surface area contributed by atoms with E-state index in [-0.39, 0.29) is 23.4 Å². The van der Waals surface area contributed by atoms with E-state index in [1.54, 1.807) is 36.4 Å². The van der Waals surface area contributed by atoms with Gasteiger partial charge in [-0.15, -0.1) is 0 Å². The van der Waals surface area contributed by atoms with E-state index in [4.69, 9.17) is 9.47 Å². The molecule has 0 aromatic heterocycles. The van der Waals surface area contributed by atoms with E-state index >= 15 is 0 Å². The highest BCUT2D eigenvalue weighted by atomic mass is 16.5. The van der Waals surface area contributed by atoms with E-state index in [0.29, 0.717) is 11.5 Å². The molecule has 0 saturated heterocycles. The summed E-state index contributed by atoms with van der Waals surface area (Å²) in [5, 5.41) is 12.8. The van der Waals surface area contributed by atoms with Crippen molar-refractivity contribution in [1.82, 2.24) is 0 Å². The summed E-state index contributed by atoms with van der Waals surface area (Å²) in [5.74, 6) is -1.10. The second kappa shape index (κ2) is 7.67. The normalized spacial score (nSPS) is 21.2. The summed E-state index contributed by atoms with van der Waals surface area (Å²) >= 11 is 0. The number of hydrogen-bond donors (Lipinski definition) is 2. The molecule has 1 aliphatic heterocycles. The van der Waals surface area contributed by atoms with Gasteiger partial charge in [0.05, 0.1) is 11.6 Å². The summed E-state index contributed by atoms with van der Waals surface area (Å²) < 4.78 is 10.6. The van der Waals surface area contributed by atoms with Crippen LogP contribution in [0.2, 0.25) is 0 Å². The maximum Gasteiger partial charge on any atom is 0.335 e. The number of benzene rings is 2. The molecule has 0 saturated carbocycles. The monoisotopic (exact) mass is 407 g/mol. The predicted octanol–water partition coefficient (Wildman–Crippen LogP) is 4.06. The summed E-state index contributed by atoms with van der Waals surface area (Å²) in [7, 11) is 0. The van der Waals surface area contributed by atoms with Gasteiger partial charge in [0.2, 0.25) is 0 Å². The molecule has 7 heteroatoms. The highest BCUT2D eigenvalue weighted by Crippen LogP contribution is 2.51. The Kier molecular flexibility index (Phi) is 5.03. The number of hydrogen-bond acceptors (Lipinski definition) is 6. The Labute approximate surface area is 173 Å². The quantitative estimate of drug-likeness (QED) is 0.448. The minimum absolute atomic E-state index is 0.0453. The van der Waals surface area contributed by atoms with Crippen LogP contribution in [0.15, 0.2) is 48.6 Å². The molecule has 3 atom stereocenters. The molecule has 1 heterocycles. The molecule has 2 aliphatic rings. The van der Waals surface area contributed by atoms with Gasteiger partial charge in [-0.2, -0.15) is 0 Å². The number of carbonyl (C=O) groups excluding carboxylic acids is 2. The lowest BCUT2D eigenvalue weighted by Gasteiger charge is -2.38. The summed E-state index contributed by atoms with van der Waals surface area (Å²) in [6.07, 6.45) is 4.98. The number of anilines is 1. The van der Waals surface area contributed by atoms with Gasteiger partial charge in [0.15, 0.2) is 0 Å². The van der Waals surface area contributed by atoms with Gasteiger partial charge in [0.25, 0.3) is 0 Å². The fraction of sp³-hybridized carbons (Fsp3) is 0.261. The lowest BCUT2D eigenvalue weighted by molar-refractivity contribution is -0.132. The number of fused-ring (bicyclic) bond motifs is 3. The smallest absolute Gasteiger partial charge is 0.335 e. The first-order valence-electron chi connectivity index (χ1n) is 9.64. The fourth-order valence-corrected chi connectivity index (χ4v) is 4.28. The average Bonchev–Trinajstić information content (AvgIpc) is 3.16. The molecule has 2 N–H and O–H groups in total. The molecule has 0 amide bonds. The van der Waals surface area contributed by atoms with Gasteiger partial charge >= 0.3 is 17.9 Å². The van der Waals surface area contributed by atoms with Crippen molar-refractivity contribution >= 4 is 23.6 Å². The van der Waals surface area contributed by atoms with Crippen molar-refractivity contribution in [3.05, 3.63) is 65.2 Å². The van der Waals surface area contributed by atoms with E-state index in [0.717, 1.165) is 23.2 Å². The molecule has 2 aromatic carbocycles. The molecule has 0 fully saturated rings. The number of esters is 2. The topological polar surface area (TPSA) is 102 Å². The van der Waals surface area contributed by atoms with Crippen LogP contribution < -0.4 is 14.8 Å². The van der Waals surface area contributed by atoms with Crippen molar-refractivity contribution in [2.45, 2.75) is 32.2 Å². The summed E-state index contributed by atoms with van der Waals surface area (Å²) in [6.45, 7) is 2.62. The van der Waals surface area contributed by atoms with Crippen LogP contribution in [-0.4, -0.2) is 23.0 Å². The third-order valence-electron chi connectivity index (χ3n) is 5.45. The lowest BCUT2D eigenvalue weighted by Crippen LogP contribution is -2.29. The number of rotatable bonds is 4. The number of carboxylic acid groups (broad SMARTS) is 1. The lowest BCUT2D eigenvalue weighted by atomic mass is 9.76. The molecule has 2 aromatic rings. The minimum Gasteiger partial charge on any atom is -0.478 e. The molecule has 0 spiro atoms. The standard InChI is InChI=1S/C23H21NO6/c1-12(25)29-15-7-8-18(21(11-15)30-13(2)26)22-17-5-3-4-16(17)19-10-14(23(27)28)6-9-20(19)24-22/h3-4,6-11,16-17,22,24H,5H2,1-2H3,(H,27,28). The molecule has 154 valence electrons. The van der Waals surface area contributed by atoms with Gasteiger partial charge in [-0.3, -0.25) is 9.59 Å². The van der Waals surface area contributed by atoms with Crippen molar-refractivity contribution in [2.75, 3.05) is 5.32 Å². The van der Waals surface area contributed by atoms with E-state index < -0.39 is 17.9 Å². The van der Waals surface area contributed by atoms with Crippen LogP contribution in [0.1, 0.15) is 53.7 Å². The number of nitrogens with one attached hydrogen (secondary N) is 1. The molecular weight excluding hydrogens is 386 g/mol. The Morgan fingerprint density at radius 1 is 1.00 bits per heavy atom. The first-order valence-corrected chi connectivity index (χ1v) is 9.64. The van der Waals surface area contributed by atoms with Crippen molar-refractivity contribution in [1.29, 1.82) is 0 Å². The van der Waals surface area contributed by atoms with Crippen LogP contribution in [0.5, 0.6) is 11.5 Å². The van der Waals surface area contributed by atoms with E-state index in [1.165, 1.54) is 13.8 Å². The third kappa shape index (κ3) is 3.66. The van der Waals surface area contributed by atoms with Crippen LogP contribution in [0.3, 0.4) is 0 Å². The van der Waals surface area contributed by atoms with E-state index in [2.05, 4.69) is 17.5 Å². The van der Waals surface area contributed by atoms with Crippen molar-refractivity contribution < 1.29 is 29.0 Å². The summed E-state index contributed by atoms with van der Waals surface area (Å²) in [4.78, 5) is 34.4. The van der Waals surface area contributed by atoms with Crippen LogP contribution in [-0.2, 0) is 9.59 Å². The molecule has 30 heavy (non-hydrogen) atoms. The fourth-order valence-electron chi connectivity index (χ4n) is 4.28. The number of carbonyl (C=O) groups is 3. The Hall–Kier alpha value is -3.61. The molecule has 3 unspecified atom stereocenters. The Morgan fingerprint density at radius 2 is 1.77 bits per heavy atom. The van der Waals surface area contributed by atoms with Crippen LogP contribution in [0, 0.1) is 5.92 Å². The largest absolute Gasteiger partial charge is 0.478 e. The van der Waals surface area contributed by atoms with Gasteiger partial charge in [0, 0.05) is 37.1 Å². The molecule has 7 nitrogen and oxygen atoms in total. The Balaban J connectivity index is 1.76. The van der Waals surface area contributed by atoms with Gasteiger partial charge in [-0.1, -0.05) is 12.2 Å². The number of ether oxygens (including phenoxy) is 2. The van der Waals surface area contributed by atoms with Gasteiger partial charge in [0.1, 0.15) is 11.5 Å². The number of allylic oxidation sites excluding steroid dienone is 2. The van der Waals surface area contributed by atoms with E-state index in [9.17, 15) is 19.5 Å². The third-order valence-corrected chi connectivity index (χ3v) is 5.45. The number of carboxylic acids is 1. The van der Waals surface area contributed by atoms with Crippen molar-refractivity contribution in [3.8, 4) is 11.5 Å². The Morgan fingerprint density at radius 3 is 2.47 bits per heavy atom. The molecule has 0 radical (unpaired) electrons. The van der Waals surface area contributed by atoms with Crippen LogP contribution in [0.25, 0.3) is 0 Å². The Bertz CT molecular complexity index is 1070. The van der Waals surface area contributed by atoms with Gasteiger partial charge in [-0.25, -0.2) is 4.79 Å². The zero-order valence-electron chi connectivity index (χ0n) is 16.5. The summed E-state index contributed by atoms with van der Waals surface area (Å²) in [5.41, 5.74) is 2.80. The van der Waals surface area contributed by atoms with Crippen LogP contribution in [0.4, 0.5) is 5.69 Å². The maximum absolute atomic E-state index is 11.7. The second-order valence-corrected chi connectivity index (χ2v) is 7.47. The van der Waals surface area contributed by atoms with Gasteiger partial charge in [-0.05, 0) is 48.2 Å². The van der Waals surface area contributed by atoms with Gasteiger partial charge < -0.3 is 19.9 Å². The average molecular weight is 407 g/mol. The van der Waals surface area contributed by atoms with E-state index in [1.807, 2.05) is 0 Å². The molecule has 1 aliphatic carbocycles. The van der Waals surface area contributed by atoms with Crippen molar-refractivity contribution in [2.24, 2.45) is 5.92 Å². The SMILES string of the molecule is CC(=O)Oc1ccc(C2Nc3ccc(C(=O)O)cc3C3C=CCC32)c(OC(C)=O)c1. The first-order chi connectivity index (χ1) is 14.3. The second-order valence-electron chi connectivity index (χ2n) is 7.47. The summed E-state index contributed by atoms with van der Waals surface area (Å²) in [6, 6.07) is 9.89. The van der Waals surface area contributed by atoms with Crippen LogP contribution >= 0.6 is 0 Å². The molecular formula is C23H21NO6. The molecule has 0 bridgehead atoms. The highest BCUT2D eigenvalue weighted by molar-refractivity contribution is 5.89. The maximum atomic E-state index is 11.7. The number of aromatic carboxylic acids is 1. The zero-order chi connectivity index (χ0) is 21.4. The minimum atomic E-state index is -0.961. The predicted molar refractivity (Wildman–Crippen MR) is 109 cm³/mol. The van der Waals surface area contributed by atoms with Crippen molar-refractivity contribution in [3.63, 3.8) is 0 Å². The first kappa shape index (κ1) is 19.7.